The molecule has 1 amide bonds. The summed E-state index contributed by atoms with van der Waals surface area (Å²) in [6.45, 7) is 1.00. The summed E-state index contributed by atoms with van der Waals surface area (Å²) in [5, 5.41) is 15.3. The monoisotopic (exact) mass is 290 g/mol. The number of hydrogen-bond donors (Lipinski definition) is 3. The summed E-state index contributed by atoms with van der Waals surface area (Å²) in [4.78, 5) is 11.8. The predicted octanol–water partition coefficient (Wildman–Crippen LogP) is -0.960. The van der Waals surface area contributed by atoms with Crippen molar-refractivity contribution >= 4 is 15.7 Å². The first-order chi connectivity index (χ1) is 8.94. The van der Waals surface area contributed by atoms with Gasteiger partial charge in [0.2, 0.25) is 5.91 Å². The zero-order valence-electron chi connectivity index (χ0n) is 11.0. The molecule has 1 heterocycles. The van der Waals surface area contributed by atoms with Crippen molar-refractivity contribution in [1.82, 2.24) is 10.6 Å². The summed E-state index contributed by atoms with van der Waals surface area (Å²) in [5.41, 5.74) is 0. The van der Waals surface area contributed by atoms with Crippen LogP contribution in [0.15, 0.2) is 0 Å². The van der Waals surface area contributed by atoms with E-state index in [1.165, 1.54) is 0 Å². The van der Waals surface area contributed by atoms with Crippen LogP contribution in [0.5, 0.6) is 0 Å². The summed E-state index contributed by atoms with van der Waals surface area (Å²) >= 11 is 0. The molecule has 6 nitrogen and oxygen atoms in total. The van der Waals surface area contributed by atoms with E-state index < -0.39 is 9.84 Å². The molecule has 2 aliphatic rings. The SMILES string of the molecule is O=C(CC1CS(=O)(=O)CCN1)NCC1CCC(O)C1. The Bertz CT molecular complexity index is 423. The van der Waals surface area contributed by atoms with Crippen LogP contribution in [0.1, 0.15) is 25.7 Å². The lowest BCUT2D eigenvalue weighted by atomic mass is 10.1. The normalized spacial score (nSPS) is 34.1. The molecule has 1 saturated carbocycles. The first-order valence-corrected chi connectivity index (χ1v) is 8.65. The Morgan fingerprint density at radius 2 is 2.16 bits per heavy atom. The number of rotatable bonds is 4. The number of amides is 1. The summed E-state index contributed by atoms with van der Waals surface area (Å²) in [5.74, 6) is 0.436. The van der Waals surface area contributed by atoms with Gasteiger partial charge in [-0.15, -0.1) is 0 Å². The van der Waals surface area contributed by atoms with Crippen LogP contribution in [0, 0.1) is 5.92 Å². The van der Waals surface area contributed by atoms with E-state index >= 15 is 0 Å². The minimum Gasteiger partial charge on any atom is -0.393 e. The van der Waals surface area contributed by atoms with Gasteiger partial charge in [0.25, 0.3) is 0 Å². The Kier molecular flexibility index (Phi) is 4.81. The summed E-state index contributed by atoms with van der Waals surface area (Å²) in [7, 11) is -2.99. The molecular formula is C12H22N2O4S. The van der Waals surface area contributed by atoms with Crippen LogP contribution in [0.2, 0.25) is 0 Å². The third-order valence-electron chi connectivity index (χ3n) is 3.83. The molecule has 0 radical (unpaired) electrons. The van der Waals surface area contributed by atoms with Crippen LogP contribution in [0.25, 0.3) is 0 Å². The second kappa shape index (κ2) is 6.19. The highest BCUT2D eigenvalue weighted by atomic mass is 32.2. The highest BCUT2D eigenvalue weighted by Crippen LogP contribution is 2.24. The third-order valence-corrected chi connectivity index (χ3v) is 5.57. The second-order valence-corrected chi connectivity index (χ2v) is 7.84. The molecule has 3 unspecified atom stereocenters. The Balaban J connectivity index is 1.69. The van der Waals surface area contributed by atoms with Crippen LogP contribution >= 0.6 is 0 Å². The molecule has 110 valence electrons. The van der Waals surface area contributed by atoms with Gasteiger partial charge in [-0.2, -0.15) is 0 Å². The molecule has 7 heteroatoms. The quantitative estimate of drug-likeness (QED) is 0.620. The number of hydrogen-bond acceptors (Lipinski definition) is 5. The summed E-state index contributed by atoms with van der Waals surface area (Å²) in [6, 6.07) is -0.270. The average Bonchev–Trinajstić information content (AvgIpc) is 2.71. The van der Waals surface area contributed by atoms with Crippen molar-refractivity contribution in [2.45, 2.75) is 37.8 Å². The van der Waals surface area contributed by atoms with Crippen LogP contribution in [0.4, 0.5) is 0 Å². The van der Waals surface area contributed by atoms with Gasteiger partial charge in [0.1, 0.15) is 0 Å². The number of carbonyl (C=O) groups excluding carboxylic acids is 1. The van der Waals surface area contributed by atoms with E-state index in [4.69, 9.17) is 0 Å². The van der Waals surface area contributed by atoms with Gasteiger partial charge >= 0.3 is 0 Å². The van der Waals surface area contributed by atoms with Gasteiger partial charge in [0.05, 0.1) is 17.6 Å². The molecule has 0 aromatic rings. The molecule has 3 atom stereocenters. The van der Waals surface area contributed by atoms with Crippen molar-refractivity contribution in [1.29, 1.82) is 0 Å². The molecule has 1 aliphatic heterocycles. The van der Waals surface area contributed by atoms with Crippen molar-refractivity contribution in [2.75, 3.05) is 24.6 Å². The largest absolute Gasteiger partial charge is 0.393 e. The van der Waals surface area contributed by atoms with E-state index in [2.05, 4.69) is 10.6 Å². The lowest BCUT2D eigenvalue weighted by molar-refractivity contribution is -0.121. The lowest BCUT2D eigenvalue weighted by Gasteiger charge is -2.23. The first-order valence-electron chi connectivity index (χ1n) is 6.83. The Hall–Kier alpha value is -0.660. The standard InChI is InChI=1S/C12H22N2O4S/c15-11-2-1-9(5-11)7-14-12(16)6-10-8-19(17,18)4-3-13-10/h9-11,13,15H,1-8H2,(H,14,16). The zero-order valence-corrected chi connectivity index (χ0v) is 11.8. The fourth-order valence-electron chi connectivity index (χ4n) is 2.79. The zero-order chi connectivity index (χ0) is 13.9. The predicted molar refractivity (Wildman–Crippen MR) is 71.4 cm³/mol. The molecule has 1 saturated heterocycles. The molecule has 0 aromatic carbocycles. The smallest absolute Gasteiger partial charge is 0.221 e. The van der Waals surface area contributed by atoms with E-state index in [9.17, 15) is 18.3 Å². The van der Waals surface area contributed by atoms with Gasteiger partial charge < -0.3 is 15.7 Å². The Labute approximate surface area is 113 Å². The van der Waals surface area contributed by atoms with Crippen molar-refractivity contribution in [3.05, 3.63) is 0 Å². The van der Waals surface area contributed by atoms with E-state index in [-0.39, 0.29) is 36.0 Å². The second-order valence-electron chi connectivity index (χ2n) is 5.61. The van der Waals surface area contributed by atoms with Crippen molar-refractivity contribution in [2.24, 2.45) is 5.92 Å². The molecule has 0 aromatic heterocycles. The fourth-order valence-corrected chi connectivity index (χ4v) is 4.23. The molecule has 0 spiro atoms. The minimum atomic E-state index is -2.99. The maximum Gasteiger partial charge on any atom is 0.221 e. The topological polar surface area (TPSA) is 95.5 Å². The van der Waals surface area contributed by atoms with Gasteiger partial charge in [-0.1, -0.05) is 0 Å². The molecular weight excluding hydrogens is 268 g/mol. The van der Waals surface area contributed by atoms with Crippen molar-refractivity contribution < 1.29 is 18.3 Å². The lowest BCUT2D eigenvalue weighted by Crippen LogP contribution is -2.47. The van der Waals surface area contributed by atoms with E-state index in [0.717, 1.165) is 19.3 Å². The highest BCUT2D eigenvalue weighted by Gasteiger charge is 2.27. The van der Waals surface area contributed by atoms with Crippen LogP contribution in [-0.4, -0.2) is 56.2 Å². The third kappa shape index (κ3) is 4.74. The molecule has 19 heavy (non-hydrogen) atoms. The van der Waals surface area contributed by atoms with E-state index in [1.54, 1.807) is 0 Å². The van der Waals surface area contributed by atoms with Crippen molar-refractivity contribution in [3.63, 3.8) is 0 Å². The van der Waals surface area contributed by atoms with Crippen LogP contribution in [0.3, 0.4) is 0 Å². The molecule has 1 aliphatic carbocycles. The maximum absolute atomic E-state index is 11.8. The number of aliphatic hydroxyl groups excluding tert-OH is 1. The molecule has 3 N–H and O–H groups in total. The van der Waals surface area contributed by atoms with Gasteiger partial charge in [-0.25, -0.2) is 8.42 Å². The number of carbonyl (C=O) groups is 1. The van der Waals surface area contributed by atoms with Gasteiger partial charge in [-0.3, -0.25) is 4.79 Å². The molecule has 2 fully saturated rings. The van der Waals surface area contributed by atoms with Crippen molar-refractivity contribution in [3.8, 4) is 0 Å². The molecule has 2 rings (SSSR count). The number of aliphatic hydroxyl groups is 1. The van der Waals surface area contributed by atoms with Gasteiger partial charge in [0.15, 0.2) is 9.84 Å². The average molecular weight is 290 g/mol. The van der Waals surface area contributed by atoms with Gasteiger partial charge in [0, 0.05) is 25.6 Å². The Morgan fingerprint density at radius 1 is 1.37 bits per heavy atom. The van der Waals surface area contributed by atoms with Crippen LogP contribution < -0.4 is 10.6 Å². The van der Waals surface area contributed by atoms with Gasteiger partial charge in [-0.05, 0) is 25.2 Å². The van der Waals surface area contributed by atoms with Crippen LogP contribution in [-0.2, 0) is 14.6 Å². The maximum atomic E-state index is 11.8. The number of sulfone groups is 1. The summed E-state index contributed by atoms with van der Waals surface area (Å²) in [6.07, 6.45) is 2.47. The summed E-state index contributed by atoms with van der Waals surface area (Å²) < 4.78 is 22.9. The first kappa shape index (κ1) is 14.7. The highest BCUT2D eigenvalue weighted by molar-refractivity contribution is 7.91. The fraction of sp³-hybridized carbons (Fsp3) is 0.917. The molecule has 0 bridgehead atoms. The Morgan fingerprint density at radius 3 is 2.79 bits per heavy atom. The van der Waals surface area contributed by atoms with E-state index in [1.807, 2.05) is 0 Å². The minimum absolute atomic E-state index is 0.0442. The number of nitrogens with one attached hydrogen (secondary N) is 2. The van der Waals surface area contributed by atoms with E-state index in [0.29, 0.717) is 19.0 Å².